The highest BCUT2D eigenvalue weighted by atomic mass is 16.5. The molecule has 2 aliphatic rings. The Labute approximate surface area is 152 Å². The molecule has 1 aromatic rings. The molecule has 1 aliphatic heterocycles. The molecular formula is C22H31NO2. The topological polar surface area (TPSA) is 29.5 Å². The lowest BCUT2D eigenvalue weighted by Gasteiger charge is -2.26. The summed E-state index contributed by atoms with van der Waals surface area (Å²) in [5.74, 6) is 1.49. The van der Waals surface area contributed by atoms with E-state index in [-0.39, 0.29) is 17.8 Å². The summed E-state index contributed by atoms with van der Waals surface area (Å²) in [6.45, 7) is 8.19. The SMILES string of the molecule is CC1CN(CCOC(=O)C(c2ccccc2)C2C=CCCC2)CC1C. The maximum atomic E-state index is 12.9. The third-order valence-corrected chi connectivity index (χ3v) is 5.85. The van der Waals surface area contributed by atoms with Gasteiger partial charge < -0.3 is 4.74 Å². The first-order valence-corrected chi connectivity index (χ1v) is 9.75. The first-order chi connectivity index (χ1) is 12.1. The Hall–Kier alpha value is -1.61. The highest BCUT2D eigenvalue weighted by Gasteiger charge is 2.31. The number of benzene rings is 1. The Balaban J connectivity index is 1.59. The Morgan fingerprint density at radius 1 is 1.20 bits per heavy atom. The van der Waals surface area contributed by atoms with Crippen LogP contribution in [0.3, 0.4) is 0 Å². The lowest BCUT2D eigenvalue weighted by Crippen LogP contribution is -2.29. The van der Waals surface area contributed by atoms with Crippen LogP contribution in [-0.2, 0) is 9.53 Å². The van der Waals surface area contributed by atoms with E-state index in [9.17, 15) is 4.79 Å². The molecule has 1 fully saturated rings. The molecule has 0 amide bonds. The van der Waals surface area contributed by atoms with Crippen molar-refractivity contribution in [2.75, 3.05) is 26.2 Å². The molecule has 1 heterocycles. The number of hydrogen-bond acceptors (Lipinski definition) is 3. The average Bonchev–Trinajstić information content (AvgIpc) is 2.95. The fraction of sp³-hybridized carbons (Fsp3) is 0.591. The quantitative estimate of drug-likeness (QED) is 0.572. The molecule has 0 spiro atoms. The molecule has 4 atom stereocenters. The lowest BCUT2D eigenvalue weighted by molar-refractivity contribution is -0.147. The highest BCUT2D eigenvalue weighted by Crippen LogP contribution is 2.33. The van der Waals surface area contributed by atoms with Crippen LogP contribution < -0.4 is 0 Å². The van der Waals surface area contributed by atoms with Gasteiger partial charge in [0.15, 0.2) is 0 Å². The second-order valence-electron chi connectivity index (χ2n) is 7.79. The number of hydrogen-bond donors (Lipinski definition) is 0. The Morgan fingerprint density at radius 2 is 1.92 bits per heavy atom. The minimum absolute atomic E-state index is 0.0666. The summed E-state index contributed by atoms with van der Waals surface area (Å²) >= 11 is 0. The van der Waals surface area contributed by atoms with Gasteiger partial charge in [-0.1, -0.05) is 56.3 Å². The van der Waals surface area contributed by atoms with E-state index in [0.29, 0.717) is 6.61 Å². The second-order valence-corrected chi connectivity index (χ2v) is 7.79. The van der Waals surface area contributed by atoms with Crippen molar-refractivity contribution in [2.45, 2.75) is 39.0 Å². The summed E-state index contributed by atoms with van der Waals surface area (Å²) in [5.41, 5.74) is 1.08. The molecule has 0 saturated carbocycles. The molecule has 1 aromatic carbocycles. The van der Waals surface area contributed by atoms with Crippen molar-refractivity contribution in [3.8, 4) is 0 Å². The van der Waals surface area contributed by atoms with Gasteiger partial charge in [-0.05, 0) is 42.6 Å². The van der Waals surface area contributed by atoms with Gasteiger partial charge in [0.25, 0.3) is 0 Å². The number of carbonyl (C=O) groups is 1. The highest BCUT2D eigenvalue weighted by molar-refractivity contribution is 5.79. The van der Waals surface area contributed by atoms with Gasteiger partial charge in [0.1, 0.15) is 6.61 Å². The zero-order chi connectivity index (χ0) is 17.6. The first kappa shape index (κ1) is 18.2. The second kappa shape index (κ2) is 8.66. The van der Waals surface area contributed by atoms with Gasteiger partial charge in [-0.15, -0.1) is 0 Å². The van der Waals surface area contributed by atoms with Crippen LogP contribution in [0.1, 0.15) is 44.6 Å². The Bertz CT molecular complexity index is 573. The summed E-state index contributed by atoms with van der Waals surface area (Å²) in [5, 5.41) is 0. The van der Waals surface area contributed by atoms with Crippen LogP contribution in [0.25, 0.3) is 0 Å². The monoisotopic (exact) mass is 341 g/mol. The molecule has 0 bridgehead atoms. The van der Waals surface area contributed by atoms with Crippen LogP contribution in [0.2, 0.25) is 0 Å². The predicted octanol–water partition coefficient (Wildman–Crippen LogP) is 4.26. The third kappa shape index (κ3) is 4.72. The minimum Gasteiger partial charge on any atom is -0.464 e. The number of likely N-dealkylation sites (tertiary alicyclic amines) is 1. The van der Waals surface area contributed by atoms with Crippen molar-refractivity contribution in [3.05, 3.63) is 48.0 Å². The molecule has 4 unspecified atom stereocenters. The van der Waals surface area contributed by atoms with Crippen molar-refractivity contribution in [1.29, 1.82) is 0 Å². The molecule has 25 heavy (non-hydrogen) atoms. The van der Waals surface area contributed by atoms with E-state index in [1.165, 1.54) is 0 Å². The average molecular weight is 341 g/mol. The van der Waals surface area contributed by atoms with Crippen molar-refractivity contribution in [1.82, 2.24) is 4.90 Å². The number of nitrogens with zero attached hydrogens (tertiary/aromatic N) is 1. The van der Waals surface area contributed by atoms with Gasteiger partial charge in [0.05, 0.1) is 5.92 Å². The molecule has 0 aromatic heterocycles. The summed E-state index contributed by atoms with van der Waals surface area (Å²) in [7, 11) is 0. The van der Waals surface area contributed by atoms with E-state index in [2.05, 4.69) is 43.0 Å². The number of allylic oxidation sites excluding steroid dienone is 2. The maximum absolute atomic E-state index is 12.9. The smallest absolute Gasteiger partial charge is 0.314 e. The van der Waals surface area contributed by atoms with Crippen LogP contribution in [-0.4, -0.2) is 37.1 Å². The zero-order valence-electron chi connectivity index (χ0n) is 15.6. The van der Waals surface area contributed by atoms with Crippen molar-refractivity contribution < 1.29 is 9.53 Å². The summed E-state index contributed by atoms with van der Waals surface area (Å²) in [6.07, 6.45) is 7.77. The number of carbonyl (C=O) groups excluding carboxylic acids is 1. The van der Waals surface area contributed by atoms with E-state index >= 15 is 0 Å². The van der Waals surface area contributed by atoms with Gasteiger partial charge in [0, 0.05) is 19.6 Å². The molecule has 1 saturated heterocycles. The standard InChI is InChI=1S/C22H31NO2/c1-17-15-23(16-18(17)2)13-14-25-22(24)21(19-9-5-3-6-10-19)20-11-7-4-8-12-20/h3,5-7,9-11,17-18,20-21H,4,8,12-16H2,1-2H3. The third-order valence-electron chi connectivity index (χ3n) is 5.85. The lowest BCUT2D eigenvalue weighted by atomic mass is 9.80. The minimum atomic E-state index is -0.172. The van der Waals surface area contributed by atoms with Gasteiger partial charge in [0.2, 0.25) is 0 Å². The number of rotatable bonds is 6. The van der Waals surface area contributed by atoms with Crippen LogP contribution in [0, 0.1) is 17.8 Å². The van der Waals surface area contributed by atoms with Crippen LogP contribution in [0.5, 0.6) is 0 Å². The Kier molecular flexibility index (Phi) is 6.30. The van der Waals surface area contributed by atoms with E-state index in [0.717, 1.165) is 56.3 Å². The molecular weight excluding hydrogens is 310 g/mol. The molecule has 136 valence electrons. The summed E-state index contributed by atoms with van der Waals surface area (Å²) in [6, 6.07) is 10.1. The van der Waals surface area contributed by atoms with Gasteiger partial charge in [-0.2, -0.15) is 0 Å². The molecule has 1 aliphatic carbocycles. The maximum Gasteiger partial charge on any atom is 0.314 e. The van der Waals surface area contributed by atoms with Crippen molar-refractivity contribution in [2.24, 2.45) is 17.8 Å². The molecule has 3 nitrogen and oxygen atoms in total. The van der Waals surface area contributed by atoms with E-state index < -0.39 is 0 Å². The van der Waals surface area contributed by atoms with Gasteiger partial charge in [-0.3, -0.25) is 9.69 Å². The van der Waals surface area contributed by atoms with Crippen LogP contribution in [0.4, 0.5) is 0 Å². The van der Waals surface area contributed by atoms with Crippen LogP contribution in [0.15, 0.2) is 42.5 Å². The van der Waals surface area contributed by atoms with E-state index in [1.54, 1.807) is 0 Å². The molecule has 3 rings (SSSR count). The molecule has 0 radical (unpaired) electrons. The zero-order valence-corrected chi connectivity index (χ0v) is 15.6. The predicted molar refractivity (Wildman–Crippen MR) is 101 cm³/mol. The van der Waals surface area contributed by atoms with Gasteiger partial charge >= 0.3 is 5.97 Å². The summed E-state index contributed by atoms with van der Waals surface area (Å²) < 4.78 is 5.73. The fourth-order valence-corrected chi connectivity index (χ4v) is 4.13. The number of esters is 1. The van der Waals surface area contributed by atoms with Crippen molar-refractivity contribution >= 4 is 5.97 Å². The first-order valence-electron chi connectivity index (χ1n) is 9.75. The van der Waals surface area contributed by atoms with E-state index in [1.807, 2.05) is 18.2 Å². The number of ether oxygens (including phenoxy) is 1. The fourth-order valence-electron chi connectivity index (χ4n) is 4.13. The summed E-state index contributed by atoms with van der Waals surface area (Å²) in [4.78, 5) is 15.3. The van der Waals surface area contributed by atoms with E-state index in [4.69, 9.17) is 4.74 Å². The Morgan fingerprint density at radius 3 is 2.56 bits per heavy atom. The molecule has 3 heteroatoms. The largest absolute Gasteiger partial charge is 0.464 e. The van der Waals surface area contributed by atoms with Gasteiger partial charge in [-0.25, -0.2) is 0 Å². The molecule has 0 N–H and O–H groups in total. The van der Waals surface area contributed by atoms with Crippen molar-refractivity contribution in [3.63, 3.8) is 0 Å². The normalized spacial score (nSPS) is 28.0. The van der Waals surface area contributed by atoms with Crippen LogP contribution >= 0.6 is 0 Å².